The second-order valence-electron chi connectivity index (χ2n) is 11.4. The fourth-order valence-electron chi connectivity index (χ4n) is 5.88. The molecule has 5 rings (SSSR count). The summed E-state index contributed by atoms with van der Waals surface area (Å²) in [6.45, 7) is 10.9. The van der Waals surface area contributed by atoms with E-state index in [0.717, 1.165) is 52.4 Å². The Balaban J connectivity index is 1.81. The van der Waals surface area contributed by atoms with Crippen LogP contribution in [0.4, 0.5) is 5.69 Å². The maximum absolute atomic E-state index is 13.8. The van der Waals surface area contributed by atoms with Crippen LogP contribution in [-0.4, -0.2) is 11.6 Å². The molecule has 0 unspecified atom stereocenters. The highest BCUT2D eigenvalue weighted by atomic mass is 32.1. The number of aryl methyl sites for hydroxylation is 1. The van der Waals surface area contributed by atoms with E-state index in [0.29, 0.717) is 12.8 Å². The molecular formula is C29H33NO2S. The summed E-state index contributed by atoms with van der Waals surface area (Å²) < 4.78 is 0. The van der Waals surface area contributed by atoms with Crippen LogP contribution in [0.1, 0.15) is 76.0 Å². The first-order chi connectivity index (χ1) is 15.6. The first kappa shape index (κ1) is 22.3. The first-order valence-corrected chi connectivity index (χ1v) is 12.9. The molecule has 1 aliphatic heterocycles. The molecule has 3 nitrogen and oxygen atoms in total. The van der Waals surface area contributed by atoms with Crippen molar-refractivity contribution < 1.29 is 9.59 Å². The maximum Gasteiger partial charge on any atom is 0.162 e. The van der Waals surface area contributed by atoms with Gasteiger partial charge in [0.2, 0.25) is 0 Å². The molecule has 0 spiro atoms. The lowest BCUT2D eigenvalue weighted by molar-refractivity contribution is -0.119. The van der Waals surface area contributed by atoms with Crippen molar-refractivity contribution >= 4 is 28.6 Å². The largest absolute Gasteiger partial charge is 0.317 e. The highest BCUT2D eigenvalue weighted by Crippen LogP contribution is 2.56. The number of para-hydroxylation sites is 1. The summed E-state index contributed by atoms with van der Waals surface area (Å²) in [4.78, 5) is 32.3. The fourth-order valence-corrected chi connectivity index (χ4v) is 6.95. The maximum atomic E-state index is 13.8. The number of ketones is 2. The van der Waals surface area contributed by atoms with Gasteiger partial charge in [0.05, 0.1) is 5.92 Å². The van der Waals surface area contributed by atoms with Gasteiger partial charge in [0.15, 0.2) is 11.6 Å². The zero-order valence-electron chi connectivity index (χ0n) is 20.3. The molecule has 0 saturated heterocycles. The van der Waals surface area contributed by atoms with E-state index < -0.39 is 0 Å². The summed E-state index contributed by atoms with van der Waals surface area (Å²) >= 11 is 1.76. The first-order valence-electron chi connectivity index (χ1n) is 12.1. The molecule has 33 heavy (non-hydrogen) atoms. The molecule has 0 atom stereocenters. The second-order valence-corrected chi connectivity index (χ2v) is 12.6. The van der Waals surface area contributed by atoms with Crippen molar-refractivity contribution in [2.75, 3.05) is 4.90 Å². The molecule has 2 aliphatic carbocycles. The van der Waals surface area contributed by atoms with Gasteiger partial charge in [-0.05, 0) is 54.4 Å². The lowest BCUT2D eigenvalue weighted by Gasteiger charge is -2.48. The van der Waals surface area contributed by atoms with Crippen molar-refractivity contribution in [3.05, 3.63) is 74.8 Å². The smallest absolute Gasteiger partial charge is 0.162 e. The normalized spacial score (nSPS) is 22.5. The molecule has 2 heterocycles. The van der Waals surface area contributed by atoms with E-state index in [1.807, 2.05) is 18.2 Å². The summed E-state index contributed by atoms with van der Waals surface area (Å²) in [6.07, 6.45) is 3.68. The summed E-state index contributed by atoms with van der Waals surface area (Å²) in [5.74, 6) is 0.165. The van der Waals surface area contributed by atoms with Crippen molar-refractivity contribution in [3.8, 4) is 0 Å². The second kappa shape index (κ2) is 7.80. The minimum absolute atomic E-state index is 0.107. The highest BCUT2D eigenvalue weighted by molar-refractivity contribution is 7.12. The summed E-state index contributed by atoms with van der Waals surface area (Å²) in [5, 5.41) is 0. The third-order valence-corrected chi connectivity index (χ3v) is 8.53. The predicted molar refractivity (Wildman–Crippen MR) is 135 cm³/mol. The van der Waals surface area contributed by atoms with Gasteiger partial charge in [-0.1, -0.05) is 52.8 Å². The number of hydrogen-bond acceptors (Lipinski definition) is 4. The van der Waals surface area contributed by atoms with E-state index in [1.54, 1.807) is 11.3 Å². The molecule has 0 amide bonds. The average Bonchev–Trinajstić information content (AvgIpc) is 3.20. The van der Waals surface area contributed by atoms with Gasteiger partial charge in [-0.15, -0.1) is 11.3 Å². The van der Waals surface area contributed by atoms with Crippen LogP contribution in [0, 0.1) is 10.8 Å². The Bertz CT molecular complexity index is 1140. The molecule has 0 N–H and O–H groups in total. The molecule has 0 bridgehead atoms. The minimum Gasteiger partial charge on any atom is -0.317 e. The predicted octanol–water partition coefficient (Wildman–Crippen LogP) is 7.20. The third-order valence-electron chi connectivity index (χ3n) is 7.24. The lowest BCUT2D eigenvalue weighted by atomic mass is 9.64. The van der Waals surface area contributed by atoms with Crippen molar-refractivity contribution in [2.24, 2.45) is 10.8 Å². The number of anilines is 1. The van der Waals surface area contributed by atoms with Crippen LogP contribution in [0.2, 0.25) is 0 Å². The van der Waals surface area contributed by atoms with Crippen LogP contribution >= 0.6 is 11.3 Å². The Kier molecular flexibility index (Phi) is 5.28. The highest BCUT2D eigenvalue weighted by Gasteiger charge is 2.49. The van der Waals surface area contributed by atoms with Gasteiger partial charge in [-0.25, -0.2) is 0 Å². The number of Topliss-reactive ketones (excluding diaryl/α,β-unsaturated/α-hetero) is 2. The molecule has 0 radical (unpaired) electrons. The molecule has 1 aromatic heterocycles. The number of rotatable bonds is 3. The van der Waals surface area contributed by atoms with Crippen molar-refractivity contribution in [1.82, 2.24) is 0 Å². The monoisotopic (exact) mass is 459 g/mol. The van der Waals surface area contributed by atoms with Gasteiger partial charge in [0.25, 0.3) is 0 Å². The van der Waals surface area contributed by atoms with Crippen LogP contribution < -0.4 is 4.90 Å². The third kappa shape index (κ3) is 3.82. The topological polar surface area (TPSA) is 37.4 Å². The van der Waals surface area contributed by atoms with Gasteiger partial charge >= 0.3 is 0 Å². The van der Waals surface area contributed by atoms with Crippen LogP contribution in [0.15, 0.2) is 65.0 Å². The Morgan fingerprint density at radius 1 is 0.818 bits per heavy atom. The summed E-state index contributed by atoms with van der Waals surface area (Å²) in [5.41, 5.74) is 4.75. The van der Waals surface area contributed by atoms with Crippen molar-refractivity contribution in [1.29, 1.82) is 0 Å². The van der Waals surface area contributed by atoms with Gasteiger partial charge in [0, 0.05) is 50.8 Å². The molecule has 0 saturated carbocycles. The lowest BCUT2D eigenvalue weighted by Crippen LogP contribution is -2.44. The quantitative estimate of drug-likeness (QED) is 0.487. The van der Waals surface area contributed by atoms with E-state index >= 15 is 0 Å². The Labute approximate surface area is 201 Å². The number of hydrogen-bond donors (Lipinski definition) is 0. The molecule has 1 aromatic carbocycles. The number of carbonyl (C=O) groups is 2. The van der Waals surface area contributed by atoms with E-state index in [-0.39, 0.29) is 28.3 Å². The number of benzene rings is 1. The van der Waals surface area contributed by atoms with Crippen molar-refractivity contribution in [3.63, 3.8) is 0 Å². The standard InChI is InChI=1S/C29H33NO2S/c1-6-19-12-13-24(33-19)27-25-20(14-28(2,3)16-22(25)31)30(18-10-8-7-9-11-18)21-15-29(4,5)17-23(32)26(21)27/h7-13,27H,6,14-17H2,1-5H3. The van der Waals surface area contributed by atoms with Crippen LogP contribution in [0.5, 0.6) is 0 Å². The van der Waals surface area contributed by atoms with Crippen LogP contribution in [0.3, 0.4) is 0 Å². The molecule has 3 aliphatic rings. The van der Waals surface area contributed by atoms with Gasteiger partial charge in [0.1, 0.15) is 0 Å². The zero-order valence-corrected chi connectivity index (χ0v) is 21.1. The van der Waals surface area contributed by atoms with E-state index in [1.165, 1.54) is 4.88 Å². The van der Waals surface area contributed by atoms with Crippen LogP contribution in [-0.2, 0) is 16.0 Å². The Morgan fingerprint density at radius 2 is 1.36 bits per heavy atom. The zero-order chi connectivity index (χ0) is 23.5. The fraction of sp³-hybridized carbons (Fsp3) is 0.448. The molecule has 0 fully saturated rings. The van der Waals surface area contributed by atoms with Gasteiger partial charge < -0.3 is 4.90 Å². The number of thiophene rings is 1. The van der Waals surface area contributed by atoms with E-state index in [9.17, 15) is 9.59 Å². The Hall–Kier alpha value is -2.46. The number of carbonyl (C=O) groups excluding carboxylic acids is 2. The molecule has 172 valence electrons. The SMILES string of the molecule is CCc1ccc(C2C3=C(CC(C)(C)CC3=O)N(c3ccccc3)C3=C2C(=O)CC(C)(C)C3)s1. The molecule has 4 heteroatoms. The molecular weight excluding hydrogens is 426 g/mol. The minimum atomic E-state index is -0.229. The van der Waals surface area contributed by atoms with Gasteiger partial charge in [-0.2, -0.15) is 0 Å². The Morgan fingerprint density at radius 3 is 1.85 bits per heavy atom. The van der Waals surface area contributed by atoms with Crippen molar-refractivity contribution in [2.45, 2.75) is 72.6 Å². The van der Waals surface area contributed by atoms with Crippen LogP contribution in [0.25, 0.3) is 0 Å². The number of nitrogens with zero attached hydrogens (tertiary/aromatic N) is 1. The molecule has 2 aromatic rings. The average molecular weight is 460 g/mol. The summed E-state index contributed by atoms with van der Waals surface area (Å²) in [7, 11) is 0. The van der Waals surface area contributed by atoms with Gasteiger partial charge in [-0.3, -0.25) is 9.59 Å². The number of allylic oxidation sites excluding steroid dienone is 4. The summed E-state index contributed by atoms with van der Waals surface area (Å²) in [6, 6.07) is 14.6. The van der Waals surface area contributed by atoms with E-state index in [2.05, 4.69) is 63.8 Å². The van der Waals surface area contributed by atoms with E-state index in [4.69, 9.17) is 0 Å².